The summed E-state index contributed by atoms with van der Waals surface area (Å²) >= 11 is 0. The number of nitriles is 1. The van der Waals surface area contributed by atoms with Crippen molar-refractivity contribution >= 4 is 17.8 Å². The average Bonchev–Trinajstić information content (AvgIpc) is 2.86. The molecule has 0 unspecified atom stereocenters. The minimum Gasteiger partial charge on any atom is -0.369 e. The van der Waals surface area contributed by atoms with Crippen LogP contribution < -0.4 is 11.1 Å². The van der Waals surface area contributed by atoms with Crippen LogP contribution in [0.15, 0.2) is 24.3 Å². The zero-order valence-corrected chi connectivity index (χ0v) is 14.6. The number of carbonyl (C=O) groups is 3. The molecule has 26 heavy (non-hydrogen) atoms. The van der Waals surface area contributed by atoms with Gasteiger partial charge in [0.15, 0.2) is 0 Å². The van der Waals surface area contributed by atoms with Crippen molar-refractivity contribution in [2.45, 2.75) is 25.3 Å². The van der Waals surface area contributed by atoms with Gasteiger partial charge in [-0.15, -0.1) is 0 Å². The molecule has 3 N–H and O–H groups in total. The van der Waals surface area contributed by atoms with Crippen LogP contribution in [-0.2, 0) is 15.1 Å². The van der Waals surface area contributed by atoms with E-state index in [1.807, 2.05) is 11.0 Å². The molecule has 136 valence electrons. The van der Waals surface area contributed by atoms with Crippen molar-refractivity contribution in [1.82, 2.24) is 15.1 Å². The first kappa shape index (κ1) is 17.9. The molecule has 0 aliphatic carbocycles. The minimum absolute atomic E-state index is 0.140. The van der Waals surface area contributed by atoms with E-state index in [9.17, 15) is 14.4 Å². The van der Waals surface area contributed by atoms with Gasteiger partial charge < -0.3 is 11.1 Å². The second kappa shape index (κ2) is 6.77. The summed E-state index contributed by atoms with van der Waals surface area (Å²) in [7, 11) is 0. The van der Waals surface area contributed by atoms with Crippen LogP contribution in [0.5, 0.6) is 0 Å². The maximum atomic E-state index is 12.9. The van der Waals surface area contributed by atoms with Gasteiger partial charge in [-0.1, -0.05) is 12.1 Å². The molecule has 2 saturated heterocycles. The van der Waals surface area contributed by atoms with Crippen molar-refractivity contribution in [2.75, 3.05) is 19.8 Å². The van der Waals surface area contributed by atoms with Crippen molar-refractivity contribution in [1.29, 1.82) is 5.26 Å². The lowest BCUT2D eigenvalue weighted by Crippen LogP contribution is -2.47. The molecule has 2 fully saturated rings. The van der Waals surface area contributed by atoms with Crippen LogP contribution in [0.4, 0.5) is 4.79 Å². The molecule has 4 amide bonds. The number of nitrogens with two attached hydrogens (primary N) is 1. The van der Waals surface area contributed by atoms with E-state index >= 15 is 0 Å². The lowest BCUT2D eigenvalue weighted by molar-refractivity contribution is -0.133. The highest BCUT2D eigenvalue weighted by molar-refractivity contribution is 6.07. The summed E-state index contributed by atoms with van der Waals surface area (Å²) in [5.41, 5.74) is 5.30. The fraction of sp³-hybridized carbons (Fsp3) is 0.444. The monoisotopic (exact) mass is 355 g/mol. The second-order valence-corrected chi connectivity index (χ2v) is 6.91. The average molecular weight is 355 g/mol. The molecule has 3 rings (SSSR count). The van der Waals surface area contributed by atoms with E-state index in [4.69, 9.17) is 11.0 Å². The highest BCUT2D eigenvalue weighted by Crippen LogP contribution is 2.29. The Balaban J connectivity index is 1.70. The normalized spacial score (nSPS) is 24.4. The predicted molar refractivity (Wildman–Crippen MR) is 92.2 cm³/mol. The number of hydrogen-bond acceptors (Lipinski definition) is 5. The molecule has 0 bridgehead atoms. The Labute approximate surface area is 151 Å². The zero-order valence-electron chi connectivity index (χ0n) is 14.6. The van der Waals surface area contributed by atoms with Gasteiger partial charge in [0, 0.05) is 19.0 Å². The van der Waals surface area contributed by atoms with Crippen LogP contribution in [0, 0.1) is 17.2 Å². The molecular weight excluding hydrogens is 334 g/mol. The Kier molecular flexibility index (Phi) is 4.66. The maximum absolute atomic E-state index is 12.9. The number of carbonyl (C=O) groups excluding carboxylic acids is 3. The van der Waals surface area contributed by atoms with Gasteiger partial charge >= 0.3 is 6.03 Å². The Hall–Kier alpha value is -2.92. The Morgan fingerprint density at radius 1 is 1.31 bits per heavy atom. The third kappa shape index (κ3) is 3.13. The van der Waals surface area contributed by atoms with Crippen molar-refractivity contribution < 1.29 is 14.4 Å². The fourth-order valence-electron chi connectivity index (χ4n) is 3.46. The van der Waals surface area contributed by atoms with Crippen LogP contribution in [0.3, 0.4) is 0 Å². The highest BCUT2D eigenvalue weighted by atomic mass is 16.2. The second-order valence-electron chi connectivity index (χ2n) is 6.91. The summed E-state index contributed by atoms with van der Waals surface area (Å²) < 4.78 is 0. The van der Waals surface area contributed by atoms with Gasteiger partial charge in [0.25, 0.3) is 5.91 Å². The van der Waals surface area contributed by atoms with E-state index in [2.05, 4.69) is 5.32 Å². The number of hydrogen-bond donors (Lipinski definition) is 2. The molecule has 1 atom stereocenters. The molecule has 0 spiro atoms. The third-order valence-corrected chi connectivity index (χ3v) is 5.20. The standard InChI is InChI=1S/C18H21N5O3/c1-18(14-4-2-12(10-19)3-5-14)16(25)23(17(26)21-18)11-22-8-6-13(7-9-22)15(20)24/h2-5,13H,6-9,11H2,1H3,(H2,20,24)(H,21,26)/t18-/m0/s1. The predicted octanol–water partition coefficient (Wildman–Crippen LogP) is 0.480. The Bertz CT molecular complexity index is 777. The topological polar surface area (TPSA) is 120 Å². The number of nitrogens with one attached hydrogen (secondary N) is 1. The Morgan fingerprint density at radius 3 is 2.46 bits per heavy atom. The van der Waals surface area contributed by atoms with E-state index in [0.717, 1.165) is 0 Å². The molecule has 1 aromatic rings. The number of rotatable bonds is 4. The van der Waals surface area contributed by atoms with E-state index < -0.39 is 11.6 Å². The number of piperidine rings is 1. The quantitative estimate of drug-likeness (QED) is 0.761. The van der Waals surface area contributed by atoms with Gasteiger partial charge in [0.1, 0.15) is 5.54 Å². The summed E-state index contributed by atoms with van der Waals surface area (Å²) in [6.07, 6.45) is 1.26. The van der Waals surface area contributed by atoms with Crippen LogP contribution in [0.2, 0.25) is 0 Å². The highest BCUT2D eigenvalue weighted by Gasteiger charge is 2.49. The first-order valence-electron chi connectivity index (χ1n) is 8.51. The fourth-order valence-corrected chi connectivity index (χ4v) is 3.46. The number of imide groups is 1. The minimum atomic E-state index is -1.16. The molecule has 0 saturated carbocycles. The first-order chi connectivity index (χ1) is 12.3. The lowest BCUT2D eigenvalue weighted by Gasteiger charge is -2.32. The molecule has 0 radical (unpaired) electrons. The number of likely N-dealkylation sites (tertiary alicyclic amines) is 1. The van der Waals surface area contributed by atoms with E-state index in [0.29, 0.717) is 37.1 Å². The van der Waals surface area contributed by atoms with Gasteiger partial charge in [0.2, 0.25) is 5.91 Å². The van der Waals surface area contributed by atoms with Gasteiger partial charge in [-0.2, -0.15) is 5.26 Å². The molecule has 2 aliphatic rings. The van der Waals surface area contributed by atoms with Crippen molar-refractivity contribution in [3.63, 3.8) is 0 Å². The van der Waals surface area contributed by atoms with Crippen LogP contribution in [0.25, 0.3) is 0 Å². The summed E-state index contributed by atoms with van der Waals surface area (Å²) in [5, 5.41) is 11.7. The van der Waals surface area contributed by atoms with Gasteiger partial charge in [0.05, 0.1) is 18.3 Å². The Morgan fingerprint density at radius 2 is 1.92 bits per heavy atom. The van der Waals surface area contributed by atoms with Crippen LogP contribution in [0.1, 0.15) is 30.9 Å². The molecule has 8 nitrogen and oxygen atoms in total. The van der Waals surface area contributed by atoms with Gasteiger partial charge in [-0.05, 0) is 37.5 Å². The molecule has 0 aromatic heterocycles. The van der Waals surface area contributed by atoms with Crippen molar-refractivity contribution in [3.05, 3.63) is 35.4 Å². The maximum Gasteiger partial charge on any atom is 0.326 e. The number of urea groups is 1. The van der Waals surface area contributed by atoms with Crippen molar-refractivity contribution in [3.8, 4) is 6.07 Å². The molecule has 1 aromatic carbocycles. The van der Waals surface area contributed by atoms with E-state index in [1.165, 1.54) is 4.90 Å². The van der Waals surface area contributed by atoms with Gasteiger partial charge in [-0.3, -0.25) is 14.5 Å². The zero-order chi connectivity index (χ0) is 18.9. The summed E-state index contributed by atoms with van der Waals surface area (Å²) in [6, 6.07) is 8.19. The number of primary amides is 1. The summed E-state index contributed by atoms with van der Waals surface area (Å²) in [6.45, 7) is 3.06. The first-order valence-corrected chi connectivity index (χ1v) is 8.51. The molecule has 8 heteroatoms. The number of nitrogens with zero attached hydrogens (tertiary/aromatic N) is 3. The van der Waals surface area contributed by atoms with E-state index in [-0.39, 0.29) is 24.4 Å². The van der Waals surface area contributed by atoms with Gasteiger partial charge in [-0.25, -0.2) is 9.69 Å². The lowest BCUT2D eigenvalue weighted by atomic mass is 9.91. The van der Waals surface area contributed by atoms with Crippen molar-refractivity contribution in [2.24, 2.45) is 11.7 Å². The van der Waals surface area contributed by atoms with Crippen LogP contribution in [-0.4, -0.2) is 47.4 Å². The largest absolute Gasteiger partial charge is 0.369 e. The smallest absolute Gasteiger partial charge is 0.326 e. The SMILES string of the molecule is C[C@@]1(c2ccc(C#N)cc2)NC(=O)N(CN2CCC(C(N)=O)CC2)C1=O. The number of benzene rings is 1. The molecular formula is C18H21N5O3. The molecule has 2 heterocycles. The third-order valence-electron chi connectivity index (χ3n) is 5.20. The summed E-state index contributed by atoms with van der Waals surface area (Å²) in [4.78, 5) is 39.7. The van der Waals surface area contributed by atoms with Crippen LogP contribution >= 0.6 is 0 Å². The number of amides is 4. The molecule has 2 aliphatic heterocycles. The van der Waals surface area contributed by atoms with E-state index in [1.54, 1.807) is 31.2 Å². The summed E-state index contributed by atoms with van der Waals surface area (Å²) in [5.74, 6) is -0.768.